The van der Waals surface area contributed by atoms with Crippen molar-refractivity contribution in [3.63, 3.8) is 0 Å². The SMILES string of the molecule is CCOC(=O)C(C#N)(CC)C1=CCCCCC1. The molecular weight excluding hydrogens is 214 g/mol. The van der Waals surface area contributed by atoms with Crippen molar-refractivity contribution in [3.8, 4) is 6.07 Å². The van der Waals surface area contributed by atoms with E-state index < -0.39 is 5.41 Å². The summed E-state index contributed by atoms with van der Waals surface area (Å²) in [5, 5.41) is 9.43. The quantitative estimate of drug-likeness (QED) is 0.554. The van der Waals surface area contributed by atoms with E-state index in [1.165, 1.54) is 6.42 Å². The first-order valence-corrected chi connectivity index (χ1v) is 6.49. The minimum absolute atomic E-state index is 0.329. The molecule has 0 aromatic rings. The molecule has 0 bridgehead atoms. The van der Waals surface area contributed by atoms with Crippen molar-refractivity contribution in [1.29, 1.82) is 5.26 Å². The maximum Gasteiger partial charge on any atom is 0.330 e. The van der Waals surface area contributed by atoms with E-state index >= 15 is 0 Å². The maximum absolute atomic E-state index is 12.1. The van der Waals surface area contributed by atoms with Gasteiger partial charge in [0.2, 0.25) is 0 Å². The first kappa shape index (κ1) is 13.8. The molecule has 1 aliphatic rings. The number of nitriles is 1. The lowest BCUT2D eigenvalue weighted by molar-refractivity contribution is -0.150. The number of ether oxygens (including phenoxy) is 1. The number of carbonyl (C=O) groups is 1. The zero-order chi connectivity index (χ0) is 12.7. The highest BCUT2D eigenvalue weighted by Gasteiger charge is 2.42. The predicted molar refractivity (Wildman–Crippen MR) is 66.1 cm³/mol. The molecule has 1 atom stereocenters. The lowest BCUT2D eigenvalue weighted by Crippen LogP contribution is -2.33. The van der Waals surface area contributed by atoms with E-state index in [-0.39, 0.29) is 5.97 Å². The van der Waals surface area contributed by atoms with Crippen LogP contribution < -0.4 is 0 Å². The molecule has 0 amide bonds. The average molecular weight is 235 g/mol. The topological polar surface area (TPSA) is 50.1 Å². The highest BCUT2D eigenvalue weighted by molar-refractivity contribution is 5.84. The lowest BCUT2D eigenvalue weighted by Gasteiger charge is -2.25. The summed E-state index contributed by atoms with van der Waals surface area (Å²) in [6.45, 7) is 3.98. The zero-order valence-corrected chi connectivity index (χ0v) is 10.8. The number of hydrogen-bond acceptors (Lipinski definition) is 3. The Balaban J connectivity index is 3.01. The molecule has 0 spiro atoms. The smallest absolute Gasteiger partial charge is 0.330 e. The summed E-state index contributed by atoms with van der Waals surface area (Å²) in [4.78, 5) is 12.1. The third kappa shape index (κ3) is 2.88. The van der Waals surface area contributed by atoms with Crippen LogP contribution in [0.25, 0.3) is 0 Å². The Morgan fingerprint density at radius 1 is 1.47 bits per heavy atom. The van der Waals surface area contributed by atoms with Gasteiger partial charge in [0.15, 0.2) is 5.41 Å². The minimum atomic E-state index is -1.04. The van der Waals surface area contributed by atoms with Gasteiger partial charge in [-0.1, -0.05) is 19.4 Å². The third-order valence-electron chi connectivity index (χ3n) is 3.43. The summed E-state index contributed by atoms with van der Waals surface area (Å²) in [6.07, 6.45) is 7.78. The second kappa shape index (κ2) is 6.44. The van der Waals surface area contributed by atoms with Crippen LogP contribution in [-0.4, -0.2) is 12.6 Å². The fraction of sp³-hybridized carbons (Fsp3) is 0.714. The molecule has 1 aliphatic carbocycles. The Hall–Kier alpha value is -1.30. The van der Waals surface area contributed by atoms with E-state index in [9.17, 15) is 10.1 Å². The van der Waals surface area contributed by atoms with Crippen LogP contribution in [0.3, 0.4) is 0 Å². The molecule has 0 aromatic heterocycles. The van der Waals surface area contributed by atoms with E-state index in [0.29, 0.717) is 13.0 Å². The molecule has 0 N–H and O–H groups in total. The molecule has 94 valence electrons. The predicted octanol–water partition coefficient (Wildman–Crippen LogP) is 3.36. The molecule has 1 unspecified atom stereocenters. The number of hydrogen-bond donors (Lipinski definition) is 0. The molecule has 0 radical (unpaired) electrons. The standard InChI is InChI=1S/C14H21NO2/c1-3-14(11-15,13(16)17-4-2)12-9-7-5-6-8-10-12/h9H,3-8,10H2,1-2H3. The van der Waals surface area contributed by atoms with Crippen LogP contribution in [0, 0.1) is 16.7 Å². The van der Waals surface area contributed by atoms with Crippen molar-refractivity contribution in [2.75, 3.05) is 6.61 Å². The van der Waals surface area contributed by atoms with E-state index in [1.807, 2.05) is 6.92 Å². The van der Waals surface area contributed by atoms with E-state index in [4.69, 9.17) is 4.74 Å². The van der Waals surface area contributed by atoms with Gasteiger partial charge in [-0.15, -0.1) is 0 Å². The molecule has 0 aliphatic heterocycles. The molecule has 0 saturated heterocycles. The fourth-order valence-electron chi connectivity index (χ4n) is 2.36. The van der Waals surface area contributed by atoms with Gasteiger partial charge in [-0.2, -0.15) is 5.26 Å². The maximum atomic E-state index is 12.1. The van der Waals surface area contributed by atoms with Crippen LogP contribution in [0.4, 0.5) is 0 Å². The van der Waals surface area contributed by atoms with Gasteiger partial charge in [-0.05, 0) is 44.6 Å². The van der Waals surface area contributed by atoms with Crippen LogP contribution in [0.2, 0.25) is 0 Å². The van der Waals surface area contributed by atoms with Gasteiger partial charge < -0.3 is 4.74 Å². The van der Waals surface area contributed by atoms with E-state index in [2.05, 4.69) is 12.1 Å². The summed E-state index contributed by atoms with van der Waals surface area (Å²) in [5.41, 5.74) is -0.0705. The van der Waals surface area contributed by atoms with Crippen LogP contribution in [0.15, 0.2) is 11.6 Å². The summed E-state index contributed by atoms with van der Waals surface area (Å²) < 4.78 is 5.08. The Morgan fingerprint density at radius 3 is 2.82 bits per heavy atom. The normalized spacial score (nSPS) is 19.5. The molecule has 17 heavy (non-hydrogen) atoms. The van der Waals surface area contributed by atoms with Crippen LogP contribution in [-0.2, 0) is 9.53 Å². The summed E-state index contributed by atoms with van der Waals surface area (Å²) in [7, 11) is 0. The fourth-order valence-corrected chi connectivity index (χ4v) is 2.36. The van der Waals surface area contributed by atoms with Gasteiger partial charge in [-0.25, -0.2) is 4.79 Å². The average Bonchev–Trinajstić information content (AvgIpc) is 2.61. The largest absolute Gasteiger partial charge is 0.465 e. The second-order valence-corrected chi connectivity index (χ2v) is 4.42. The van der Waals surface area contributed by atoms with Crippen molar-refractivity contribution in [2.24, 2.45) is 5.41 Å². The molecule has 3 nitrogen and oxygen atoms in total. The second-order valence-electron chi connectivity index (χ2n) is 4.42. The Bertz CT molecular complexity index is 341. The third-order valence-corrected chi connectivity index (χ3v) is 3.43. The number of carbonyl (C=O) groups excluding carboxylic acids is 1. The molecule has 0 fully saturated rings. The minimum Gasteiger partial charge on any atom is -0.465 e. The molecule has 3 heteroatoms. The number of esters is 1. The van der Waals surface area contributed by atoms with Crippen molar-refractivity contribution in [2.45, 2.75) is 52.4 Å². The molecule has 1 rings (SSSR count). The summed E-state index contributed by atoms with van der Waals surface area (Å²) >= 11 is 0. The molecule has 0 aromatic carbocycles. The summed E-state index contributed by atoms with van der Waals surface area (Å²) in [6, 6.07) is 2.20. The highest BCUT2D eigenvalue weighted by Crippen LogP contribution is 2.37. The van der Waals surface area contributed by atoms with Crippen molar-refractivity contribution in [1.82, 2.24) is 0 Å². The Kier molecular flexibility index (Phi) is 5.21. The molecule has 0 heterocycles. The Labute approximate surface area is 103 Å². The van der Waals surface area contributed by atoms with Crippen molar-refractivity contribution < 1.29 is 9.53 Å². The number of nitrogens with zero attached hydrogens (tertiary/aromatic N) is 1. The van der Waals surface area contributed by atoms with Gasteiger partial charge >= 0.3 is 5.97 Å². The van der Waals surface area contributed by atoms with Crippen molar-refractivity contribution >= 4 is 5.97 Å². The van der Waals surface area contributed by atoms with Gasteiger partial charge in [-0.3, -0.25) is 0 Å². The first-order chi connectivity index (χ1) is 8.21. The first-order valence-electron chi connectivity index (χ1n) is 6.49. The molecular formula is C14H21NO2. The molecule has 0 saturated carbocycles. The van der Waals surface area contributed by atoms with Gasteiger partial charge in [0.25, 0.3) is 0 Å². The number of allylic oxidation sites excluding steroid dienone is 1. The van der Waals surface area contributed by atoms with Crippen LogP contribution in [0.1, 0.15) is 52.4 Å². The van der Waals surface area contributed by atoms with Gasteiger partial charge in [0.1, 0.15) is 0 Å². The Morgan fingerprint density at radius 2 is 2.24 bits per heavy atom. The monoisotopic (exact) mass is 235 g/mol. The van der Waals surface area contributed by atoms with Crippen molar-refractivity contribution in [3.05, 3.63) is 11.6 Å². The van der Waals surface area contributed by atoms with Crippen LogP contribution in [0.5, 0.6) is 0 Å². The van der Waals surface area contributed by atoms with E-state index in [1.54, 1.807) is 6.92 Å². The zero-order valence-electron chi connectivity index (χ0n) is 10.8. The number of rotatable bonds is 4. The summed E-state index contributed by atoms with van der Waals surface area (Å²) in [5.74, 6) is -0.377. The van der Waals surface area contributed by atoms with Gasteiger partial charge in [0, 0.05) is 0 Å². The highest BCUT2D eigenvalue weighted by atomic mass is 16.5. The van der Waals surface area contributed by atoms with Crippen LogP contribution >= 0.6 is 0 Å². The van der Waals surface area contributed by atoms with Gasteiger partial charge in [0.05, 0.1) is 12.7 Å². The lowest BCUT2D eigenvalue weighted by atomic mass is 9.77. The van der Waals surface area contributed by atoms with E-state index in [0.717, 1.165) is 31.3 Å².